The van der Waals surface area contributed by atoms with Gasteiger partial charge in [0.15, 0.2) is 0 Å². The van der Waals surface area contributed by atoms with E-state index in [-0.39, 0.29) is 6.01 Å². The van der Waals surface area contributed by atoms with Gasteiger partial charge in [0, 0.05) is 12.4 Å². The minimum Gasteiger partial charge on any atom is -0.403 e. The van der Waals surface area contributed by atoms with Crippen molar-refractivity contribution in [3.8, 4) is 11.5 Å². The summed E-state index contributed by atoms with van der Waals surface area (Å²) in [5, 5.41) is 7.71. The number of hydrogen-bond acceptors (Lipinski definition) is 5. The van der Waals surface area contributed by atoms with E-state index in [1.807, 2.05) is 0 Å². The Bertz CT molecular complexity index is 428. The molecule has 2 N–H and O–H groups in total. The maximum absolute atomic E-state index is 5.72. The number of halogens is 1. The molecule has 2 rings (SSSR count). The van der Waals surface area contributed by atoms with Crippen LogP contribution in [0.4, 0.5) is 6.01 Å². The van der Waals surface area contributed by atoms with Crippen LogP contribution in [0.15, 0.2) is 22.9 Å². The number of nitrogens with two attached hydrogens (primary N) is 1. The molecular weight excluding hydrogens is 192 g/mol. The first kappa shape index (κ1) is 8.00. The lowest BCUT2D eigenvalue weighted by atomic mass is 10.3. The smallest absolute Gasteiger partial charge is 0.313 e. The summed E-state index contributed by atoms with van der Waals surface area (Å²) >= 11 is 5.72. The van der Waals surface area contributed by atoms with E-state index in [0.29, 0.717) is 16.5 Å². The van der Waals surface area contributed by atoms with Crippen molar-refractivity contribution in [3.63, 3.8) is 0 Å². The lowest BCUT2D eigenvalue weighted by molar-refractivity contribution is 0.590. The summed E-state index contributed by atoms with van der Waals surface area (Å²) in [7, 11) is 0. The second kappa shape index (κ2) is 3.02. The Morgan fingerprint density at radius 3 is 2.77 bits per heavy atom. The van der Waals surface area contributed by atoms with Crippen molar-refractivity contribution < 1.29 is 4.42 Å². The number of hydrogen-bond donors (Lipinski definition) is 1. The van der Waals surface area contributed by atoms with Gasteiger partial charge in [-0.15, -0.1) is 5.10 Å². The Hall–Kier alpha value is -1.62. The largest absolute Gasteiger partial charge is 0.403 e. The molecule has 0 saturated heterocycles. The number of nitrogen functional groups attached to an aromatic ring is 1. The fourth-order valence-electron chi connectivity index (χ4n) is 0.880. The van der Waals surface area contributed by atoms with Crippen molar-refractivity contribution >= 4 is 17.6 Å². The summed E-state index contributed by atoms with van der Waals surface area (Å²) in [4.78, 5) is 3.87. The molecule has 13 heavy (non-hydrogen) atoms. The number of aromatic nitrogens is 3. The van der Waals surface area contributed by atoms with E-state index in [9.17, 15) is 0 Å². The molecule has 0 unspecified atom stereocenters. The molecule has 0 amide bonds. The minimum absolute atomic E-state index is 0.0231. The van der Waals surface area contributed by atoms with Gasteiger partial charge in [0.25, 0.3) is 5.89 Å². The van der Waals surface area contributed by atoms with Gasteiger partial charge in [0.2, 0.25) is 0 Å². The van der Waals surface area contributed by atoms with E-state index < -0.39 is 0 Å². The maximum Gasteiger partial charge on any atom is 0.313 e. The van der Waals surface area contributed by atoms with Crippen LogP contribution in [0.3, 0.4) is 0 Å². The highest BCUT2D eigenvalue weighted by Gasteiger charge is 2.06. The monoisotopic (exact) mass is 196 g/mol. The molecule has 0 aliphatic rings. The summed E-state index contributed by atoms with van der Waals surface area (Å²) in [5.41, 5.74) is 5.91. The third-order valence-electron chi connectivity index (χ3n) is 1.39. The highest BCUT2D eigenvalue weighted by molar-refractivity contribution is 6.30. The van der Waals surface area contributed by atoms with Crippen LogP contribution in [0.1, 0.15) is 0 Å². The molecule has 0 radical (unpaired) electrons. The Kier molecular flexibility index (Phi) is 1.86. The molecule has 0 aliphatic carbocycles. The van der Waals surface area contributed by atoms with E-state index in [1.54, 1.807) is 12.3 Å². The van der Waals surface area contributed by atoms with Crippen LogP contribution in [0.2, 0.25) is 5.02 Å². The molecule has 2 heterocycles. The van der Waals surface area contributed by atoms with Gasteiger partial charge in [-0.1, -0.05) is 16.7 Å². The Morgan fingerprint density at radius 2 is 2.15 bits per heavy atom. The molecule has 0 saturated carbocycles. The standard InChI is InChI=1S/C7H5ClN4O/c8-5-1-4(2-10-3-5)6-11-12-7(9)13-6/h1-3H,(H2,9,12). The lowest BCUT2D eigenvalue weighted by Crippen LogP contribution is -1.81. The van der Waals surface area contributed by atoms with Crippen LogP contribution in [0, 0.1) is 0 Å². The second-order valence-electron chi connectivity index (χ2n) is 2.34. The van der Waals surface area contributed by atoms with Gasteiger partial charge in [-0.2, -0.15) is 0 Å². The summed E-state index contributed by atoms with van der Waals surface area (Å²) in [5.74, 6) is 0.313. The average Bonchev–Trinajstić information content (AvgIpc) is 2.52. The summed E-state index contributed by atoms with van der Waals surface area (Å²) in [6, 6.07) is 1.69. The zero-order valence-corrected chi connectivity index (χ0v) is 7.19. The molecule has 0 atom stereocenters. The quantitative estimate of drug-likeness (QED) is 0.745. The summed E-state index contributed by atoms with van der Waals surface area (Å²) in [6.45, 7) is 0. The number of rotatable bonds is 1. The SMILES string of the molecule is Nc1nnc(-c2cncc(Cl)c2)o1. The predicted molar refractivity (Wildman–Crippen MR) is 47.0 cm³/mol. The Labute approximate surface area is 78.6 Å². The molecule has 2 aromatic heterocycles. The first-order chi connectivity index (χ1) is 6.25. The molecule has 5 nitrogen and oxygen atoms in total. The average molecular weight is 197 g/mol. The topological polar surface area (TPSA) is 77.8 Å². The van der Waals surface area contributed by atoms with Crippen molar-refractivity contribution in [3.05, 3.63) is 23.5 Å². The van der Waals surface area contributed by atoms with Gasteiger partial charge in [-0.05, 0) is 6.07 Å². The molecule has 0 aromatic carbocycles. The molecule has 0 fully saturated rings. The zero-order chi connectivity index (χ0) is 9.26. The van der Waals surface area contributed by atoms with Crippen LogP contribution in [-0.4, -0.2) is 15.2 Å². The van der Waals surface area contributed by atoms with Gasteiger partial charge in [-0.25, -0.2) is 0 Å². The minimum atomic E-state index is 0.0231. The fraction of sp³-hybridized carbons (Fsp3) is 0. The van der Waals surface area contributed by atoms with Gasteiger partial charge < -0.3 is 10.2 Å². The number of nitrogens with zero attached hydrogens (tertiary/aromatic N) is 3. The molecule has 0 bridgehead atoms. The van der Waals surface area contributed by atoms with Crippen LogP contribution in [0.25, 0.3) is 11.5 Å². The van der Waals surface area contributed by atoms with Crippen LogP contribution in [0.5, 0.6) is 0 Å². The first-order valence-corrected chi connectivity index (χ1v) is 3.83. The molecule has 0 spiro atoms. The second-order valence-corrected chi connectivity index (χ2v) is 2.77. The third-order valence-corrected chi connectivity index (χ3v) is 1.60. The van der Waals surface area contributed by atoms with Crippen LogP contribution in [-0.2, 0) is 0 Å². The molecule has 2 aromatic rings. The van der Waals surface area contributed by atoms with Gasteiger partial charge >= 0.3 is 6.01 Å². The van der Waals surface area contributed by atoms with Gasteiger partial charge in [0.1, 0.15) is 0 Å². The molecule has 0 aliphatic heterocycles. The molecular formula is C7H5ClN4O. The van der Waals surface area contributed by atoms with E-state index in [2.05, 4.69) is 15.2 Å². The highest BCUT2D eigenvalue weighted by atomic mass is 35.5. The highest BCUT2D eigenvalue weighted by Crippen LogP contribution is 2.20. The molecule has 6 heteroatoms. The number of anilines is 1. The van der Waals surface area contributed by atoms with Crippen molar-refractivity contribution in [2.45, 2.75) is 0 Å². The summed E-state index contributed by atoms with van der Waals surface area (Å²) < 4.78 is 4.98. The van der Waals surface area contributed by atoms with Crippen LogP contribution >= 0.6 is 11.6 Å². The van der Waals surface area contributed by atoms with E-state index >= 15 is 0 Å². The predicted octanol–water partition coefficient (Wildman–Crippen LogP) is 1.37. The zero-order valence-electron chi connectivity index (χ0n) is 6.44. The Morgan fingerprint density at radius 1 is 1.31 bits per heavy atom. The third kappa shape index (κ3) is 1.59. The van der Waals surface area contributed by atoms with Gasteiger partial charge in [-0.3, -0.25) is 4.98 Å². The number of pyridine rings is 1. The summed E-state index contributed by atoms with van der Waals surface area (Å²) in [6.07, 6.45) is 3.09. The van der Waals surface area contributed by atoms with Crippen molar-refractivity contribution in [1.29, 1.82) is 0 Å². The van der Waals surface area contributed by atoms with Crippen molar-refractivity contribution in [2.24, 2.45) is 0 Å². The first-order valence-electron chi connectivity index (χ1n) is 3.45. The normalized spacial score (nSPS) is 10.2. The maximum atomic E-state index is 5.72. The van der Waals surface area contributed by atoms with Gasteiger partial charge in [0.05, 0.1) is 10.6 Å². The van der Waals surface area contributed by atoms with Crippen molar-refractivity contribution in [2.75, 3.05) is 5.73 Å². The van der Waals surface area contributed by atoms with Crippen LogP contribution < -0.4 is 5.73 Å². The van der Waals surface area contributed by atoms with E-state index in [1.165, 1.54) is 6.20 Å². The molecule has 66 valence electrons. The Balaban J connectivity index is 2.46. The van der Waals surface area contributed by atoms with E-state index in [4.69, 9.17) is 21.8 Å². The van der Waals surface area contributed by atoms with E-state index in [0.717, 1.165) is 0 Å². The fourth-order valence-corrected chi connectivity index (χ4v) is 1.05. The van der Waals surface area contributed by atoms with Crippen molar-refractivity contribution in [1.82, 2.24) is 15.2 Å². The lowest BCUT2D eigenvalue weighted by Gasteiger charge is -1.92.